The van der Waals surface area contributed by atoms with Crippen LogP contribution in [0.4, 0.5) is 4.79 Å². The van der Waals surface area contributed by atoms with E-state index in [9.17, 15) is 9.59 Å². The number of hydrogen-bond donors (Lipinski definition) is 3. The summed E-state index contributed by atoms with van der Waals surface area (Å²) < 4.78 is 0. The lowest BCUT2D eigenvalue weighted by atomic mass is 10.1. The molecule has 0 bridgehead atoms. The monoisotopic (exact) mass is 257 g/mol. The highest BCUT2D eigenvalue weighted by Crippen LogP contribution is 2.31. The van der Waals surface area contributed by atoms with E-state index < -0.39 is 0 Å². The fraction of sp³-hybridized carbons (Fsp3) is 0.818. The summed E-state index contributed by atoms with van der Waals surface area (Å²) in [6.07, 6.45) is 2.61. The Morgan fingerprint density at radius 2 is 2.35 bits per heavy atom. The lowest BCUT2D eigenvalue weighted by Crippen LogP contribution is -2.39. The van der Waals surface area contributed by atoms with Crippen LogP contribution in [-0.4, -0.2) is 41.6 Å². The molecule has 0 aromatic rings. The van der Waals surface area contributed by atoms with Crippen molar-refractivity contribution < 1.29 is 9.59 Å². The molecule has 0 spiro atoms. The smallest absolute Gasteiger partial charge is 0.315 e. The van der Waals surface area contributed by atoms with Gasteiger partial charge in [0.1, 0.15) is 0 Å². The van der Waals surface area contributed by atoms with Gasteiger partial charge in [0.2, 0.25) is 5.91 Å². The molecular formula is C11H19N3O2S. The Balaban J connectivity index is 1.76. The van der Waals surface area contributed by atoms with E-state index in [1.54, 1.807) is 11.8 Å². The molecule has 17 heavy (non-hydrogen) atoms. The molecule has 3 N–H and O–H groups in total. The van der Waals surface area contributed by atoms with Crippen molar-refractivity contribution in [2.45, 2.75) is 43.5 Å². The van der Waals surface area contributed by atoms with E-state index >= 15 is 0 Å². The molecule has 2 fully saturated rings. The molecule has 1 unspecified atom stereocenters. The van der Waals surface area contributed by atoms with E-state index in [0.29, 0.717) is 6.42 Å². The number of hydrogen-bond acceptors (Lipinski definition) is 3. The first-order valence-corrected chi connectivity index (χ1v) is 7.21. The SMILES string of the molecule is CCCCNC(=O)CC1SC[C@H]2NC(=O)N[C@@H]12. The van der Waals surface area contributed by atoms with Crippen molar-refractivity contribution in [2.75, 3.05) is 12.3 Å². The molecule has 2 heterocycles. The van der Waals surface area contributed by atoms with Gasteiger partial charge >= 0.3 is 6.03 Å². The lowest BCUT2D eigenvalue weighted by molar-refractivity contribution is -0.121. The Morgan fingerprint density at radius 3 is 3.12 bits per heavy atom. The molecule has 2 saturated heterocycles. The van der Waals surface area contributed by atoms with Crippen LogP contribution in [0.5, 0.6) is 0 Å². The van der Waals surface area contributed by atoms with Gasteiger partial charge in [0.25, 0.3) is 0 Å². The van der Waals surface area contributed by atoms with Gasteiger partial charge in [0.05, 0.1) is 12.1 Å². The summed E-state index contributed by atoms with van der Waals surface area (Å²) in [6.45, 7) is 2.86. The molecule has 0 aliphatic carbocycles. The van der Waals surface area contributed by atoms with E-state index in [1.165, 1.54) is 0 Å². The second-order valence-electron chi connectivity index (χ2n) is 4.53. The predicted molar refractivity (Wildman–Crippen MR) is 68.0 cm³/mol. The number of unbranched alkanes of at least 4 members (excludes halogenated alkanes) is 1. The fourth-order valence-corrected chi connectivity index (χ4v) is 3.70. The van der Waals surface area contributed by atoms with Gasteiger partial charge in [-0.2, -0.15) is 11.8 Å². The first-order valence-electron chi connectivity index (χ1n) is 6.16. The van der Waals surface area contributed by atoms with Gasteiger partial charge in [0, 0.05) is 24.0 Å². The first-order chi connectivity index (χ1) is 8.20. The van der Waals surface area contributed by atoms with Crippen molar-refractivity contribution in [3.8, 4) is 0 Å². The standard InChI is InChI=1S/C11H19N3O2S/c1-2-3-4-12-9(15)5-8-10-7(6-17-8)13-11(16)14-10/h7-8,10H,2-6H2,1H3,(H,12,15)(H2,13,14,16)/t7-,8?,10-/m1/s1. The molecule has 5 nitrogen and oxygen atoms in total. The molecule has 2 aliphatic rings. The van der Waals surface area contributed by atoms with E-state index in [0.717, 1.165) is 25.1 Å². The van der Waals surface area contributed by atoms with Crippen LogP contribution in [0.3, 0.4) is 0 Å². The normalized spacial score (nSPS) is 30.6. The molecule has 0 radical (unpaired) electrons. The van der Waals surface area contributed by atoms with Crippen molar-refractivity contribution in [2.24, 2.45) is 0 Å². The highest BCUT2D eigenvalue weighted by Gasteiger charge is 2.43. The number of carbonyl (C=O) groups is 2. The zero-order chi connectivity index (χ0) is 12.3. The molecule has 96 valence electrons. The molecule has 0 aromatic carbocycles. The van der Waals surface area contributed by atoms with Crippen molar-refractivity contribution in [1.82, 2.24) is 16.0 Å². The zero-order valence-electron chi connectivity index (χ0n) is 9.99. The van der Waals surface area contributed by atoms with E-state index in [-0.39, 0.29) is 29.3 Å². The van der Waals surface area contributed by atoms with E-state index in [1.807, 2.05) is 0 Å². The maximum absolute atomic E-state index is 11.7. The van der Waals surface area contributed by atoms with Crippen LogP contribution in [-0.2, 0) is 4.79 Å². The van der Waals surface area contributed by atoms with Crippen LogP contribution >= 0.6 is 11.8 Å². The Kier molecular flexibility index (Phi) is 4.15. The van der Waals surface area contributed by atoms with Crippen LogP contribution in [0.15, 0.2) is 0 Å². The summed E-state index contributed by atoms with van der Waals surface area (Å²) in [6, 6.07) is 0.210. The topological polar surface area (TPSA) is 70.2 Å². The molecule has 6 heteroatoms. The molecular weight excluding hydrogens is 238 g/mol. The van der Waals surface area contributed by atoms with Gasteiger partial charge < -0.3 is 16.0 Å². The van der Waals surface area contributed by atoms with Gasteiger partial charge in [-0.25, -0.2) is 4.79 Å². The van der Waals surface area contributed by atoms with Crippen LogP contribution in [0.1, 0.15) is 26.2 Å². The minimum Gasteiger partial charge on any atom is -0.356 e. The third-order valence-corrected chi connectivity index (χ3v) is 4.62. The number of carbonyl (C=O) groups excluding carboxylic acids is 2. The second-order valence-corrected chi connectivity index (χ2v) is 5.80. The maximum Gasteiger partial charge on any atom is 0.315 e. The Labute approximate surface area is 105 Å². The molecule has 2 aliphatic heterocycles. The van der Waals surface area contributed by atoms with Gasteiger partial charge in [-0.15, -0.1) is 0 Å². The van der Waals surface area contributed by atoms with E-state index in [2.05, 4.69) is 22.9 Å². The third kappa shape index (κ3) is 3.06. The number of thioether (sulfide) groups is 1. The predicted octanol–water partition coefficient (Wildman–Crippen LogP) is 0.458. The molecule has 3 amide bonds. The first kappa shape index (κ1) is 12.5. The highest BCUT2D eigenvalue weighted by atomic mass is 32.2. The van der Waals surface area contributed by atoms with Crippen LogP contribution in [0, 0.1) is 0 Å². The summed E-state index contributed by atoms with van der Waals surface area (Å²) >= 11 is 1.77. The minimum absolute atomic E-state index is 0.0951. The number of amides is 3. The molecule has 2 rings (SSSR count). The second kappa shape index (κ2) is 5.62. The minimum atomic E-state index is -0.100. The molecule has 0 aromatic heterocycles. The Morgan fingerprint density at radius 1 is 1.53 bits per heavy atom. The summed E-state index contributed by atoms with van der Waals surface area (Å²) in [5.74, 6) is 0.994. The molecule has 3 atom stereocenters. The average molecular weight is 257 g/mol. The average Bonchev–Trinajstić information content (AvgIpc) is 2.80. The van der Waals surface area contributed by atoms with Crippen molar-refractivity contribution in [3.63, 3.8) is 0 Å². The highest BCUT2D eigenvalue weighted by molar-refractivity contribution is 8.00. The number of urea groups is 1. The number of fused-ring (bicyclic) bond motifs is 1. The van der Waals surface area contributed by atoms with Crippen LogP contribution < -0.4 is 16.0 Å². The summed E-state index contributed by atoms with van der Waals surface area (Å²) in [5.41, 5.74) is 0. The third-order valence-electron chi connectivity index (χ3n) is 3.18. The summed E-state index contributed by atoms with van der Waals surface area (Å²) in [5, 5.41) is 8.88. The lowest BCUT2D eigenvalue weighted by Gasteiger charge is -2.16. The van der Waals surface area contributed by atoms with Gasteiger partial charge in [-0.1, -0.05) is 13.3 Å². The number of rotatable bonds is 5. The molecule has 0 saturated carbocycles. The van der Waals surface area contributed by atoms with Crippen molar-refractivity contribution in [3.05, 3.63) is 0 Å². The van der Waals surface area contributed by atoms with Crippen molar-refractivity contribution in [1.29, 1.82) is 0 Å². The fourth-order valence-electron chi connectivity index (χ4n) is 2.23. The largest absolute Gasteiger partial charge is 0.356 e. The maximum atomic E-state index is 11.7. The van der Waals surface area contributed by atoms with Gasteiger partial charge in [-0.3, -0.25) is 4.79 Å². The van der Waals surface area contributed by atoms with E-state index in [4.69, 9.17) is 0 Å². The summed E-state index contributed by atoms with van der Waals surface area (Å²) in [7, 11) is 0. The van der Waals surface area contributed by atoms with Crippen LogP contribution in [0.2, 0.25) is 0 Å². The quantitative estimate of drug-likeness (QED) is 0.495. The Hall–Kier alpha value is -0.910. The summed E-state index contributed by atoms with van der Waals surface area (Å²) in [4.78, 5) is 22.9. The van der Waals surface area contributed by atoms with Crippen molar-refractivity contribution >= 4 is 23.7 Å². The van der Waals surface area contributed by atoms with Crippen LogP contribution in [0.25, 0.3) is 0 Å². The van der Waals surface area contributed by atoms with Gasteiger partial charge in [-0.05, 0) is 6.42 Å². The Bertz CT molecular complexity index is 311. The zero-order valence-corrected chi connectivity index (χ0v) is 10.8. The number of nitrogens with one attached hydrogen (secondary N) is 3. The van der Waals surface area contributed by atoms with Gasteiger partial charge in [0.15, 0.2) is 0 Å².